The number of rotatable bonds is 2. The smallest absolute Gasteiger partial charge is 0.246 e. The minimum atomic E-state index is -0.508. The van der Waals surface area contributed by atoms with Crippen molar-refractivity contribution in [1.82, 2.24) is 5.32 Å². The molecule has 0 spiro atoms. The summed E-state index contributed by atoms with van der Waals surface area (Å²) < 4.78 is 0.985. The maximum absolute atomic E-state index is 12.3. The van der Waals surface area contributed by atoms with Crippen LogP contribution in [0, 0.1) is 0 Å². The summed E-state index contributed by atoms with van der Waals surface area (Å²) >= 11 is 3.38. The van der Waals surface area contributed by atoms with Crippen LogP contribution in [0.2, 0.25) is 0 Å². The Balaban J connectivity index is 2.25. The number of hydrogen-bond acceptors (Lipinski definition) is 3. The SMILES string of the molecule is CC1CCN(c2ccc(Br)cc2)C(=O)C(CO)N1. The number of carbonyl (C=O) groups excluding carboxylic acids is 1. The van der Waals surface area contributed by atoms with Gasteiger partial charge in [-0.1, -0.05) is 15.9 Å². The van der Waals surface area contributed by atoms with Gasteiger partial charge in [-0.2, -0.15) is 0 Å². The van der Waals surface area contributed by atoms with Gasteiger partial charge >= 0.3 is 0 Å². The lowest BCUT2D eigenvalue weighted by atomic mass is 10.2. The molecule has 1 fully saturated rings. The third-order valence-corrected chi connectivity index (χ3v) is 3.69. The lowest BCUT2D eigenvalue weighted by Gasteiger charge is -2.23. The first-order valence-electron chi connectivity index (χ1n) is 6.05. The van der Waals surface area contributed by atoms with Crippen LogP contribution in [0.15, 0.2) is 28.7 Å². The molecule has 2 rings (SSSR count). The summed E-state index contributed by atoms with van der Waals surface area (Å²) in [6.45, 7) is 2.53. The van der Waals surface area contributed by atoms with E-state index >= 15 is 0 Å². The molecule has 1 aromatic rings. The minimum absolute atomic E-state index is 0.0656. The zero-order valence-corrected chi connectivity index (χ0v) is 11.9. The van der Waals surface area contributed by atoms with Gasteiger partial charge < -0.3 is 15.3 Å². The molecule has 1 saturated heterocycles. The molecular weight excluding hydrogens is 296 g/mol. The molecule has 2 atom stereocenters. The molecule has 0 bridgehead atoms. The Morgan fingerprint density at radius 2 is 2.11 bits per heavy atom. The van der Waals surface area contributed by atoms with E-state index in [-0.39, 0.29) is 18.6 Å². The van der Waals surface area contributed by atoms with Gasteiger partial charge in [0.25, 0.3) is 0 Å². The van der Waals surface area contributed by atoms with Crippen LogP contribution >= 0.6 is 15.9 Å². The van der Waals surface area contributed by atoms with Crippen molar-refractivity contribution in [2.75, 3.05) is 18.1 Å². The highest BCUT2D eigenvalue weighted by molar-refractivity contribution is 9.10. The summed E-state index contributed by atoms with van der Waals surface area (Å²) in [5.74, 6) is -0.0656. The molecule has 1 aromatic carbocycles. The van der Waals surface area contributed by atoms with Crippen LogP contribution in [0.3, 0.4) is 0 Å². The summed E-state index contributed by atoms with van der Waals surface area (Å²) in [5, 5.41) is 12.4. The van der Waals surface area contributed by atoms with Gasteiger partial charge in [0.15, 0.2) is 0 Å². The van der Waals surface area contributed by atoms with Crippen LogP contribution in [0.25, 0.3) is 0 Å². The summed E-state index contributed by atoms with van der Waals surface area (Å²) in [7, 11) is 0. The molecule has 18 heavy (non-hydrogen) atoms. The van der Waals surface area contributed by atoms with Crippen LogP contribution in [0.4, 0.5) is 5.69 Å². The predicted octanol–water partition coefficient (Wildman–Crippen LogP) is 1.52. The third-order valence-electron chi connectivity index (χ3n) is 3.16. The number of aliphatic hydroxyl groups excluding tert-OH is 1. The molecule has 98 valence electrons. The lowest BCUT2D eigenvalue weighted by molar-refractivity contribution is -0.121. The van der Waals surface area contributed by atoms with Gasteiger partial charge in [-0.3, -0.25) is 4.79 Å². The van der Waals surface area contributed by atoms with Crippen LogP contribution < -0.4 is 10.2 Å². The first-order chi connectivity index (χ1) is 8.61. The highest BCUT2D eigenvalue weighted by Crippen LogP contribution is 2.21. The second kappa shape index (κ2) is 5.82. The molecule has 0 aromatic heterocycles. The van der Waals surface area contributed by atoms with Crippen LogP contribution in [0.5, 0.6) is 0 Å². The molecule has 0 aliphatic carbocycles. The summed E-state index contributed by atoms with van der Waals surface area (Å²) in [6.07, 6.45) is 0.873. The molecule has 2 unspecified atom stereocenters. The summed E-state index contributed by atoms with van der Waals surface area (Å²) in [6, 6.07) is 7.37. The number of aliphatic hydroxyl groups is 1. The Kier molecular flexibility index (Phi) is 4.37. The van der Waals surface area contributed by atoms with Gasteiger partial charge in [-0.25, -0.2) is 0 Å². The molecule has 1 amide bonds. The van der Waals surface area contributed by atoms with Gasteiger partial charge in [-0.05, 0) is 37.6 Å². The average Bonchev–Trinajstić information content (AvgIpc) is 2.51. The Bertz CT molecular complexity index is 422. The number of anilines is 1. The van der Waals surface area contributed by atoms with Crippen LogP contribution in [-0.2, 0) is 4.79 Å². The van der Waals surface area contributed by atoms with Crippen molar-refractivity contribution >= 4 is 27.5 Å². The third kappa shape index (κ3) is 2.91. The van der Waals surface area contributed by atoms with Crippen LogP contribution in [0.1, 0.15) is 13.3 Å². The number of benzene rings is 1. The fourth-order valence-corrected chi connectivity index (χ4v) is 2.39. The molecule has 1 aliphatic rings. The zero-order valence-electron chi connectivity index (χ0n) is 10.3. The summed E-state index contributed by atoms with van der Waals surface area (Å²) in [4.78, 5) is 14.0. The van der Waals surface area contributed by atoms with Crippen molar-refractivity contribution in [1.29, 1.82) is 0 Å². The Hall–Kier alpha value is -0.910. The topological polar surface area (TPSA) is 52.6 Å². The second-order valence-electron chi connectivity index (χ2n) is 4.56. The fraction of sp³-hybridized carbons (Fsp3) is 0.462. The van der Waals surface area contributed by atoms with Crippen molar-refractivity contribution in [3.63, 3.8) is 0 Å². The van der Waals surface area contributed by atoms with Gasteiger partial charge in [-0.15, -0.1) is 0 Å². The number of amides is 1. The second-order valence-corrected chi connectivity index (χ2v) is 5.47. The van der Waals surface area contributed by atoms with E-state index in [0.717, 1.165) is 16.6 Å². The van der Waals surface area contributed by atoms with E-state index in [0.29, 0.717) is 6.54 Å². The molecule has 4 nitrogen and oxygen atoms in total. The normalized spacial score (nSPS) is 25.1. The molecular formula is C13H17BrN2O2. The fourth-order valence-electron chi connectivity index (χ4n) is 2.13. The highest BCUT2D eigenvalue weighted by atomic mass is 79.9. The van der Waals surface area contributed by atoms with Crippen molar-refractivity contribution < 1.29 is 9.90 Å². The van der Waals surface area contributed by atoms with Crippen molar-refractivity contribution in [2.45, 2.75) is 25.4 Å². The maximum Gasteiger partial charge on any atom is 0.246 e. The Morgan fingerprint density at radius 3 is 2.72 bits per heavy atom. The van der Waals surface area contributed by atoms with E-state index in [1.165, 1.54) is 0 Å². The summed E-state index contributed by atoms with van der Waals surface area (Å²) in [5.41, 5.74) is 0.873. The van der Waals surface area contributed by atoms with E-state index in [4.69, 9.17) is 0 Å². The van der Waals surface area contributed by atoms with Gasteiger partial charge in [0.1, 0.15) is 6.04 Å². The predicted molar refractivity (Wildman–Crippen MR) is 74.6 cm³/mol. The molecule has 0 radical (unpaired) electrons. The molecule has 5 heteroatoms. The maximum atomic E-state index is 12.3. The molecule has 1 aliphatic heterocycles. The average molecular weight is 313 g/mol. The van der Waals surface area contributed by atoms with Crippen molar-refractivity contribution in [3.8, 4) is 0 Å². The van der Waals surface area contributed by atoms with Gasteiger partial charge in [0.2, 0.25) is 5.91 Å². The number of nitrogens with zero attached hydrogens (tertiary/aromatic N) is 1. The van der Waals surface area contributed by atoms with E-state index in [1.54, 1.807) is 4.90 Å². The standard InChI is InChI=1S/C13H17BrN2O2/c1-9-6-7-16(13(18)12(8-17)15-9)11-4-2-10(14)3-5-11/h2-5,9,12,15,17H,6-8H2,1H3. The Morgan fingerprint density at radius 1 is 1.44 bits per heavy atom. The van der Waals surface area contributed by atoms with Gasteiger partial charge in [0, 0.05) is 22.7 Å². The van der Waals surface area contributed by atoms with Gasteiger partial charge in [0.05, 0.1) is 6.61 Å². The Labute approximate surface area is 115 Å². The van der Waals surface area contributed by atoms with E-state index in [2.05, 4.69) is 21.2 Å². The lowest BCUT2D eigenvalue weighted by Crippen LogP contribution is -2.47. The van der Waals surface area contributed by atoms with Crippen LogP contribution in [-0.4, -0.2) is 36.2 Å². The first kappa shape index (κ1) is 13.5. The number of carbonyl (C=O) groups is 1. The molecule has 1 heterocycles. The quantitative estimate of drug-likeness (QED) is 0.870. The highest BCUT2D eigenvalue weighted by Gasteiger charge is 2.29. The largest absolute Gasteiger partial charge is 0.394 e. The monoisotopic (exact) mass is 312 g/mol. The zero-order chi connectivity index (χ0) is 13.1. The molecule has 0 saturated carbocycles. The van der Waals surface area contributed by atoms with E-state index in [1.807, 2.05) is 31.2 Å². The number of hydrogen-bond donors (Lipinski definition) is 2. The number of halogens is 1. The van der Waals surface area contributed by atoms with Crippen molar-refractivity contribution in [3.05, 3.63) is 28.7 Å². The number of nitrogens with one attached hydrogen (secondary N) is 1. The first-order valence-corrected chi connectivity index (χ1v) is 6.85. The molecule has 2 N–H and O–H groups in total. The van der Waals surface area contributed by atoms with Crippen molar-refractivity contribution in [2.24, 2.45) is 0 Å². The minimum Gasteiger partial charge on any atom is -0.394 e. The van der Waals surface area contributed by atoms with E-state index < -0.39 is 6.04 Å². The van der Waals surface area contributed by atoms with E-state index in [9.17, 15) is 9.90 Å².